The molecule has 7 heteroatoms. The second-order valence-electron chi connectivity index (χ2n) is 7.17. The fourth-order valence-electron chi connectivity index (χ4n) is 3.74. The van der Waals surface area contributed by atoms with Crippen LogP contribution in [0.25, 0.3) is 0 Å². The predicted octanol–water partition coefficient (Wildman–Crippen LogP) is 2.16. The van der Waals surface area contributed by atoms with Crippen molar-refractivity contribution < 1.29 is 23.9 Å². The molecular weight excluding hydrogens is 348 g/mol. The monoisotopic (exact) mass is 372 g/mol. The standard InChI is InChI=1S/C20H24N2O5/c1-13(23)21-16-8-6-14(7-9-16)18(24)12-27-20(26)15-10-19(25)22(11-15)17-4-2-3-5-17/h6-9,15,17H,2-5,10-12H2,1H3,(H,21,23)/t15-/m1/s1. The number of carbonyl (C=O) groups excluding carboxylic acids is 4. The highest BCUT2D eigenvalue weighted by molar-refractivity contribution is 5.99. The van der Waals surface area contributed by atoms with Crippen molar-refractivity contribution in [2.45, 2.75) is 45.1 Å². The fourth-order valence-corrected chi connectivity index (χ4v) is 3.74. The van der Waals surface area contributed by atoms with Crippen LogP contribution in [0.1, 0.15) is 49.4 Å². The average Bonchev–Trinajstić information content (AvgIpc) is 3.29. The molecule has 1 atom stereocenters. The van der Waals surface area contributed by atoms with Crippen LogP contribution >= 0.6 is 0 Å². The maximum atomic E-state index is 12.3. The van der Waals surface area contributed by atoms with E-state index in [0.29, 0.717) is 17.8 Å². The average molecular weight is 372 g/mol. The third-order valence-corrected chi connectivity index (χ3v) is 5.13. The Morgan fingerprint density at radius 3 is 2.44 bits per heavy atom. The van der Waals surface area contributed by atoms with E-state index in [9.17, 15) is 19.2 Å². The van der Waals surface area contributed by atoms with E-state index in [0.717, 1.165) is 25.7 Å². The normalized spacial score (nSPS) is 20.0. The van der Waals surface area contributed by atoms with Crippen molar-refractivity contribution in [1.29, 1.82) is 0 Å². The number of ether oxygens (including phenoxy) is 1. The number of benzene rings is 1. The van der Waals surface area contributed by atoms with Crippen LogP contribution < -0.4 is 5.32 Å². The Hall–Kier alpha value is -2.70. The third kappa shape index (κ3) is 4.72. The predicted molar refractivity (Wildman–Crippen MR) is 98.1 cm³/mol. The molecule has 0 spiro atoms. The molecule has 7 nitrogen and oxygen atoms in total. The number of likely N-dealkylation sites (tertiary alicyclic amines) is 1. The summed E-state index contributed by atoms with van der Waals surface area (Å²) in [6, 6.07) is 6.63. The van der Waals surface area contributed by atoms with Gasteiger partial charge in [-0.05, 0) is 37.1 Å². The first-order valence-corrected chi connectivity index (χ1v) is 9.31. The van der Waals surface area contributed by atoms with E-state index in [1.807, 2.05) is 4.90 Å². The van der Waals surface area contributed by atoms with Crippen LogP contribution in [0, 0.1) is 5.92 Å². The summed E-state index contributed by atoms with van der Waals surface area (Å²) in [4.78, 5) is 49.4. The van der Waals surface area contributed by atoms with Gasteiger partial charge in [-0.15, -0.1) is 0 Å². The smallest absolute Gasteiger partial charge is 0.311 e. The number of anilines is 1. The Bertz CT molecular complexity index is 737. The number of amides is 2. The first-order chi connectivity index (χ1) is 12.9. The maximum Gasteiger partial charge on any atom is 0.311 e. The van der Waals surface area contributed by atoms with Crippen molar-refractivity contribution in [3.8, 4) is 0 Å². The van der Waals surface area contributed by atoms with Gasteiger partial charge in [0, 0.05) is 37.2 Å². The number of rotatable bonds is 6. The van der Waals surface area contributed by atoms with E-state index in [1.165, 1.54) is 6.92 Å². The molecule has 0 bridgehead atoms. The van der Waals surface area contributed by atoms with Gasteiger partial charge in [0.05, 0.1) is 5.92 Å². The molecule has 0 unspecified atom stereocenters. The van der Waals surface area contributed by atoms with E-state index in [4.69, 9.17) is 4.74 Å². The number of nitrogens with zero attached hydrogens (tertiary/aromatic N) is 1. The second kappa shape index (κ2) is 8.33. The summed E-state index contributed by atoms with van der Waals surface area (Å²) in [5.74, 6) is -1.50. The molecule has 2 fully saturated rings. The van der Waals surface area contributed by atoms with E-state index in [-0.39, 0.29) is 36.7 Å². The molecule has 0 radical (unpaired) electrons. The third-order valence-electron chi connectivity index (χ3n) is 5.13. The summed E-state index contributed by atoms with van der Waals surface area (Å²) >= 11 is 0. The van der Waals surface area contributed by atoms with Crippen LogP contribution in [-0.4, -0.2) is 47.7 Å². The number of hydrogen-bond acceptors (Lipinski definition) is 5. The number of hydrogen-bond donors (Lipinski definition) is 1. The SMILES string of the molecule is CC(=O)Nc1ccc(C(=O)COC(=O)[C@@H]2CC(=O)N(C3CCCC3)C2)cc1. The van der Waals surface area contributed by atoms with Crippen LogP contribution in [0.4, 0.5) is 5.69 Å². The Labute approximate surface area is 158 Å². The van der Waals surface area contributed by atoms with Gasteiger partial charge in [0.1, 0.15) is 0 Å². The lowest BCUT2D eigenvalue weighted by Crippen LogP contribution is -2.35. The molecule has 0 aromatic heterocycles. The van der Waals surface area contributed by atoms with E-state index < -0.39 is 11.9 Å². The van der Waals surface area contributed by atoms with E-state index >= 15 is 0 Å². The van der Waals surface area contributed by atoms with Gasteiger partial charge in [-0.2, -0.15) is 0 Å². The lowest BCUT2D eigenvalue weighted by molar-refractivity contribution is -0.147. The van der Waals surface area contributed by atoms with Gasteiger partial charge in [-0.25, -0.2) is 0 Å². The summed E-state index contributed by atoms with van der Waals surface area (Å²) < 4.78 is 5.16. The Morgan fingerprint density at radius 1 is 1.15 bits per heavy atom. The molecule has 1 aromatic carbocycles. The lowest BCUT2D eigenvalue weighted by atomic mass is 10.1. The van der Waals surface area contributed by atoms with Gasteiger partial charge in [-0.1, -0.05) is 12.8 Å². The number of esters is 1. The topological polar surface area (TPSA) is 92.8 Å². The minimum atomic E-state index is -0.493. The fraction of sp³-hybridized carbons (Fsp3) is 0.500. The highest BCUT2D eigenvalue weighted by Crippen LogP contribution is 2.29. The van der Waals surface area contributed by atoms with Crippen LogP contribution in [0.15, 0.2) is 24.3 Å². The second-order valence-corrected chi connectivity index (χ2v) is 7.17. The molecule has 1 heterocycles. The van der Waals surface area contributed by atoms with Gasteiger partial charge >= 0.3 is 5.97 Å². The number of Topliss-reactive ketones (excluding diaryl/α,β-unsaturated/α-hetero) is 1. The highest BCUT2D eigenvalue weighted by Gasteiger charge is 2.39. The molecule has 3 rings (SSSR count). The van der Waals surface area contributed by atoms with Gasteiger partial charge < -0.3 is 15.0 Å². The maximum absolute atomic E-state index is 12.3. The molecule has 1 N–H and O–H groups in total. The van der Waals surface area contributed by atoms with Gasteiger partial charge in [-0.3, -0.25) is 19.2 Å². The van der Waals surface area contributed by atoms with Gasteiger partial charge in [0.15, 0.2) is 12.4 Å². The van der Waals surface area contributed by atoms with Gasteiger partial charge in [0.25, 0.3) is 0 Å². The number of ketones is 1. The first kappa shape index (κ1) is 19.1. The van der Waals surface area contributed by atoms with E-state index in [1.54, 1.807) is 24.3 Å². The molecule has 1 saturated carbocycles. The summed E-state index contributed by atoms with van der Waals surface area (Å²) in [5.41, 5.74) is 0.986. The van der Waals surface area contributed by atoms with Crippen molar-refractivity contribution in [1.82, 2.24) is 4.90 Å². The van der Waals surface area contributed by atoms with E-state index in [2.05, 4.69) is 5.32 Å². The van der Waals surface area contributed by atoms with Crippen molar-refractivity contribution >= 4 is 29.3 Å². The van der Waals surface area contributed by atoms with Crippen molar-refractivity contribution in [3.05, 3.63) is 29.8 Å². The lowest BCUT2D eigenvalue weighted by Gasteiger charge is -2.23. The minimum absolute atomic E-state index is 0.00346. The van der Waals surface area contributed by atoms with Crippen molar-refractivity contribution in [3.63, 3.8) is 0 Å². The van der Waals surface area contributed by atoms with Gasteiger partial charge in [0.2, 0.25) is 11.8 Å². The summed E-state index contributed by atoms with van der Waals surface area (Å²) in [5, 5.41) is 2.62. The molecule has 1 saturated heterocycles. The summed E-state index contributed by atoms with van der Waals surface area (Å²) in [7, 11) is 0. The van der Waals surface area contributed by atoms with Crippen LogP contribution in [0.5, 0.6) is 0 Å². The Morgan fingerprint density at radius 2 is 1.81 bits per heavy atom. The quantitative estimate of drug-likeness (QED) is 0.610. The molecule has 27 heavy (non-hydrogen) atoms. The highest BCUT2D eigenvalue weighted by atomic mass is 16.5. The van der Waals surface area contributed by atoms with Crippen LogP contribution in [0.3, 0.4) is 0 Å². The molecule has 1 aromatic rings. The molecule has 2 amide bonds. The molecule has 1 aliphatic heterocycles. The Balaban J connectivity index is 1.49. The zero-order valence-electron chi connectivity index (χ0n) is 15.4. The van der Waals surface area contributed by atoms with Crippen LogP contribution in [-0.2, 0) is 19.1 Å². The first-order valence-electron chi connectivity index (χ1n) is 9.31. The summed E-state index contributed by atoms with van der Waals surface area (Å²) in [6.45, 7) is 1.44. The van der Waals surface area contributed by atoms with Crippen molar-refractivity contribution in [2.75, 3.05) is 18.5 Å². The molecule has 144 valence electrons. The Kier molecular flexibility index (Phi) is 5.88. The molecule has 2 aliphatic rings. The zero-order chi connectivity index (χ0) is 19.4. The van der Waals surface area contributed by atoms with Crippen molar-refractivity contribution in [2.24, 2.45) is 5.92 Å². The largest absolute Gasteiger partial charge is 0.457 e. The van der Waals surface area contributed by atoms with Crippen LogP contribution in [0.2, 0.25) is 0 Å². The molecule has 1 aliphatic carbocycles. The number of nitrogens with one attached hydrogen (secondary N) is 1. The minimum Gasteiger partial charge on any atom is -0.457 e. The molecular formula is C20H24N2O5. The summed E-state index contributed by atoms with van der Waals surface area (Å²) in [6.07, 6.45) is 4.41. The number of carbonyl (C=O) groups is 4. The zero-order valence-corrected chi connectivity index (χ0v) is 15.4.